The molecule has 0 saturated heterocycles. The molecule has 1 aliphatic heterocycles. The zero-order chi connectivity index (χ0) is 17.8. The number of rotatable bonds is 5. The molecule has 2 amide bonds. The first-order valence-corrected chi connectivity index (χ1v) is 10.0. The number of carbonyl (C=O) groups excluding carboxylic acids is 2. The lowest BCUT2D eigenvalue weighted by Crippen LogP contribution is -2.36. The first kappa shape index (κ1) is 18.1. The topological polar surface area (TPSA) is 40.6 Å². The minimum absolute atomic E-state index is 0.00417. The number of fused-ring (bicyclic) bond motifs is 1. The van der Waals surface area contributed by atoms with Gasteiger partial charge >= 0.3 is 0 Å². The Bertz CT molecular complexity index is 757. The highest BCUT2D eigenvalue weighted by Crippen LogP contribution is 2.24. The van der Waals surface area contributed by atoms with Crippen LogP contribution in [0.15, 0.2) is 40.2 Å². The van der Waals surface area contributed by atoms with Crippen LogP contribution in [0.5, 0.6) is 0 Å². The molecule has 6 heteroatoms. The van der Waals surface area contributed by atoms with Gasteiger partial charge in [-0.05, 0) is 41.1 Å². The Labute approximate surface area is 160 Å². The van der Waals surface area contributed by atoms with Gasteiger partial charge in [0.05, 0.1) is 0 Å². The van der Waals surface area contributed by atoms with Gasteiger partial charge in [0.25, 0.3) is 0 Å². The minimum atomic E-state index is 0.00417. The fourth-order valence-corrected chi connectivity index (χ4v) is 4.13. The second-order valence-corrected chi connectivity index (χ2v) is 8.23. The van der Waals surface area contributed by atoms with Crippen LogP contribution in [0.1, 0.15) is 28.8 Å². The quantitative estimate of drug-likeness (QED) is 0.736. The van der Waals surface area contributed by atoms with Crippen molar-refractivity contribution < 1.29 is 9.59 Å². The fraction of sp³-hybridized carbons (Fsp3) is 0.368. The molecule has 2 aromatic rings. The maximum Gasteiger partial charge on any atom is 0.223 e. The largest absolute Gasteiger partial charge is 0.341 e. The average Bonchev–Trinajstić information content (AvgIpc) is 3.08. The number of nitrogens with zero attached hydrogens (tertiary/aromatic N) is 2. The van der Waals surface area contributed by atoms with E-state index in [-0.39, 0.29) is 24.7 Å². The van der Waals surface area contributed by atoms with E-state index in [9.17, 15) is 9.59 Å². The lowest BCUT2D eigenvalue weighted by atomic mass is 10.1. The molecule has 25 heavy (non-hydrogen) atoms. The molecule has 0 spiro atoms. The molecule has 0 bridgehead atoms. The van der Waals surface area contributed by atoms with Crippen molar-refractivity contribution in [3.05, 3.63) is 56.2 Å². The van der Waals surface area contributed by atoms with E-state index in [1.165, 1.54) is 10.4 Å². The highest BCUT2D eigenvalue weighted by atomic mass is 79.9. The smallest absolute Gasteiger partial charge is 0.223 e. The summed E-state index contributed by atoms with van der Waals surface area (Å²) in [6.07, 6.45) is 1.47. The summed E-state index contributed by atoms with van der Waals surface area (Å²) in [5.74, 6) is 0.0757. The van der Waals surface area contributed by atoms with Gasteiger partial charge in [-0.1, -0.05) is 28.1 Å². The predicted molar refractivity (Wildman–Crippen MR) is 103 cm³/mol. The first-order chi connectivity index (χ1) is 12.0. The summed E-state index contributed by atoms with van der Waals surface area (Å²) in [5, 5.41) is 2.08. The summed E-state index contributed by atoms with van der Waals surface area (Å²) in [4.78, 5) is 29.7. The van der Waals surface area contributed by atoms with Crippen molar-refractivity contribution in [1.29, 1.82) is 0 Å². The maximum absolute atomic E-state index is 12.4. The Kier molecular flexibility index (Phi) is 5.91. The summed E-state index contributed by atoms with van der Waals surface area (Å²) >= 11 is 5.17. The maximum atomic E-state index is 12.4. The van der Waals surface area contributed by atoms with E-state index >= 15 is 0 Å². The third kappa shape index (κ3) is 4.70. The number of amides is 2. The van der Waals surface area contributed by atoms with Crippen LogP contribution < -0.4 is 0 Å². The number of carbonyl (C=O) groups is 2. The zero-order valence-corrected chi connectivity index (χ0v) is 16.6. The van der Waals surface area contributed by atoms with Crippen molar-refractivity contribution in [2.45, 2.75) is 32.4 Å². The van der Waals surface area contributed by atoms with Crippen LogP contribution in [0.3, 0.4) is 0 Å². The monoisotopic (exact) mass is 420 g/mol. The van der Waals surface area contributed by atoms with Crippen LogP contribution in [-0.2, 0) is 29.1 Å². The Balaban J connectivity index is 1.46. The lowest BCUT2D eigenvalue weighted by Gasteiger charge is -2.27. The Morgan fingerprint density at radius 3 is 2.72 bits per heavy atom. The highest BCUT2D eigenvalue weighted by Gasteiger charge is 2.22. The van der Waals surface area contributed by atoms with Crippen LogP contribution in [0, 0.1) is 0 Å². The van der Waals surface area contributed by atoms with Gasteiger partial charge in [0, 0.05) is 48.9 Å². The summed E-state index contributed by atoms with van der Waals surface area (Å²) in [7, 11) is 1.79. The number of thiophene rings is 1. The molecule has 1 aliphatic rings. The van der Waals surface area contributed by atoms with Crippen LogP contribution in [0.25, 0.3) is 0 Å². The van der Waals surface area contributed by atoms with Crippen molar-refractivity contribution in [2.24, 2.45) is 0 Å². The molecule has 0 fully saturated rings. The lowest BCUT2D eigenvalue weighted by molar-refractivity contribution is -0.137. The minimum Gasteiger partial charge on any atom is -0.341 e. The van der Waals surface area contributed by atoms with Crippen molar-refractivity contribution in [2.75, 3.05) is 13.6 Å². The van der Waals surface area contributed by atoms with Gasteiger partial charge in [0.1, 0.15) is 0 Å². The third-order valence-electron chi connectivity index (χ3n) is 4.47. The van der Waals surface area contributed by atoms with E-state index in [0.717, 1.165) is 23.0 Å². The van der Waals surface area contributed by atoms with Crippen molar-refractivity contribution in [1.82, 2.24) is 9.80 Å². The van der Waals surface area contributed by atoms with Gasteiger partial charge in [-0.25, -0.2) is 0 Å². The van der Waals surface area contributed by atoms with Gasteiger partial charge in [-0.2, -0.15) is 0 Å². The molecular weight excluding hydrogens is 400 g/mol. The number of hydrogen-bond donors (Lipinski definition) is 0. The number of halogens is 1. The molecule has 0 saturated carbocycles. The molecule has 4 nitrogen and oxygen atoms in total. The fourth-order valence-electron chi connectivity index (χ4n) is 2.98. The Morgan fingerprint density at radius 1 is 1.20 bits per heavy atom. The zero-order valence-electron chi connectivity index (χ0n) is 14.2. The Hall–Kier alpha value is -1.66. The van der Waals surface area contributed by atoms with Crippen molar-refractivity contribution in [3.63, 3.8) is 0 Å². The van der Waals surface area contributed by atoms with E-state index in [4.69, 9.17) is 0 Å². The molecule has 0 N–H and O–H groups in total. The van der Waals surface area contributed by atoms with Crippen LogP contribution in [0.2, 0.25) is 0 Å². The van der Waals surface area contributed by atoms with Gasteiger partial charge in [0.2, 0.25) is 11.8 Å². The molecule has 3 rings (SSSR count). The SMILES string of the molecule is CN(Cc1ccc(Br)cc1)C(=O)CCC(=O)N1CCc2sccc2C1. The number of hydrogen-bond acceptors (Lipinski definition) is 3. The van der Waals surface area contributed by atoms with Crippen LogP contribution in [-0.4, -0.2) is 35.2 Å². The normalized spacial score (nSPS) is 13.4. The summed E-state index contributed by atoms with van der Waals surface area (Å²) in [6.45, 7) is 2.00. The van der Waals surface area contributed by atoms with Crippen molar-refractivity contribution in [3.8, 4) is 0 Å². The Morgan fingerprint density at radius 2 is 1.96 bits per heavy atom. The van der Waals surface area contributed by atoms with Crippen LogP contribution >= 0.6 is 27.3 Å². The van der Waals surface area contributed by atoms with Crippen LogP contribution in [0.4, 0.5) is 0 Å². The highest BCUT2D eigenvalue weighted by molar-refractivity contribution is 9.10. The second kappa shape index (κ2) is 8.15. The number of benzene rings is 1. The standard InChI is InChI=1S/C19H21BrN2O2S/c1-21(12-14-2-4-16(20)5-3-14)18(23)6-7-19(24)22-10-8-17-15(13-22)9-11-25-17/h2-5,9,11H,6-8,10,12-13H2,1H3. The summed E-state index contributed by atoms with van der Waals surface area (Å²) < 4.78 is 1.02. The van der Waals surface area contributed by atoms with Gasteiger partial charge in [-0.3, -0.25) is 9.59 Å². The van der Waals surface area contributed by atoms with E-state index in [1.807, 2.05) is 29.2 Å². The van der Waals surface area contributed by atoms with E-state index in [1.54, 1.807) is 23.3 Å². The molecule has 0 atom stereocenters. The van der Waals surface area contributed by atoms with Gasteiger partial charge in [0.15, 0.2) is 0 Å². The van der Waals surface area contributed by atoms with E-state index in [2.05, 4.69) is 27.4 Å². The van der Waals surface area contributed by atoms with E-state index in [0.29, 0.717) is 13.1 Å². The molecule has 132 valence electrons. The second-order valence-electron chi connectivity index (χ2n) is 6.31. The molecule has 0 aliphatic carbocycles. The van der Waals surface area contributed by atoms with Crippen molar-refractivity contribution >= 4 is 39.1 Å². The molecule has 0 unspecified atom stereocenters. The molecular formula is C19H21BrN2O2S. The molecule has 1 aromatic carbocycles. The van der Waals surface area contributed by atoms with Gasteiger partial charge < -0.3 is 9.80 Å². The average molecular weight is 421 g/mol. The van der Waals surface area contributed by atoms with E-state index < -0.39 is 0 Å². The molecule has 1 aromatic heterocycles. The predicted octanol–water partition coefficient (Wildman–Crippen LogP) is 3.83. The summed E-state index contributed by atoms with van der Waals surface area (Å²) in [6, 6.07) is 10.0. The molecule has 0 radical (unpaired) electrons. The summed E-state index contributed by atoms with van der Waals surface area (Å²) in [5.41, 5.74) is 2.33. The molecule has 2 heterocycles. The first-order valence-electron chi connectivity index (χ1n) is 8.34. The van der Waals surface area contributed by atoms with Gasteiger partial charge in [-0.15, -0.1) is 11.3 Å². The third-order valence-corrected chi connectivity index (χ3v) is 6.02.